The second kappa shape index (κ2) is 5.31. The van der Waals surface area contributed by atoms with Crippen LogP contribution in [0.25, 0.3) is 0 Å². The molecular formula is C14H15N3S. The Hall–Kier alpha value is -1.68. The molecule has 1 atom stereocenters. The van der Waals surface area contributed by atoms with Crippen LogP contribution in [-0.2, 0) is 0 Å². The van der Waals surface area contributed by atoms with Gasteiger partial charge >= 0.3 is 0 Å². The Morgan fingerprint density at radius 3 is 2.94 bits per heavy atom. The van der Waals surface area contributed by atoms with E-state index in [2.05, 4.69) is 38.9 Å². The Bertz CT molecular complexity index is 519. The maximum Gasteiger partial charge on any atom is 0.0974 e. The van der Waals surface area contributed by atoms with Gasteiger partial charge in [-0.05, 0) is 23.6 Å². The molecule has 3 heterocycles. The molecule has 0 bridgehead atoms. The van der Waals surface area contributed by atoms with Crippen molar-refractivity contribution in [2.75, 3.05) is 13.1 Å². The fourth-order valence-corrected chi connectivity index (χ4v) is 3.04. The topological polar surface area (TPSA) is 37.3 Å². The van der Waals surface area contributed by atoms with E-state index in [9.17, 15) is 0 Å². The van der Waals surface area contributed by atoms with E-state index in [1.807, 2.05) is 18.3 Å². The standard InChI is InChI=1S/C14H15N3S/c1-2-6-15-12(4-1)11(13-5-3-9-18-13)10-14-16-7-8-17-14/h1-6,9,11H,7-8,10H2,(H,16,17)/t11-/m0/s1. The molecule has 1 N–H and O–H groups in total. The molecule has 1 aliphatic rings. The molecule has 2 aromatic heterocycles. The zero-order valence-corrected chi connectivity index (χ0v) is 10.9. The van der Waals surface area contributed by atoms with Crippen LogP contribution in [-0.4, -0.2) is 23.9 Å². The van der Waals surface area contributed by atoms with E-state index in [0.29, 0.717) is 5.92 Å². The summed E-state index contributed by atoms with van der Waals surface area (Å²) in [6.45, 7) is 1.86. The van der Waals surface area contributed by atoms with E-state index in [4.69, 9.17) is 0 Å². The Balaban J connectivity index is 1.89. The molecule has 0 aliphatic carbocycles. The Labute approximate surface area is 111 Å². The lowest BCUT2D eigenvalue weighted by molar-refractivity contribution is 0.816. The number of aliphatic imine (C=N–C) groups is 1. The smallest absolute Gasteiger partial charge is 0.0974 e. The number of hydrogen-bond donors (Lipinski definition) is 1. The van der Waals surface area contributed by atoms with Gasteiger partial charge in [-0.25, -0.2) is 0 Å². The van der Waals surface area contributed by atoms with Crippen molar-refractivity contribution in [1.29, 1.82) is 0 Å². The highest BCUT2D eigenvalue weighted by Gasteiger charge is 2.20. The van der Waals surface area contributed by atoms with Crippen LogP contribution in [0.5, 0.6) is 0 Å². The summed E-state index contributed by atoms with van der Waals surface area (Å²) in [7, 11) is 0. The molecule has 0 spiro atoms. The summed E-state index contributed by atoms with van der Waals surface area (Å²) in [5.74, 6) is 1.43. The van der Waals surface area contributed by atoms with Crippen LogP contribution < -0.4 is 5.32 Å². The summed E-state index contributed by atoms with van der Waals surface area (Å²) in [4.78, 5) is 10.3. The lowest BCUT2D eigenvalue weighted by atomic mass is 9.98. The number of rotatable bonds is 4. The van der Waals surface area contributed by atoms with Crippen molar-refractivity contribution in [3.05, 3.63) is 52.5 Å². The molecule has 18 heavy (non-hydrogen) atoms. The van der Waals surface area contributed by atoms with Gasteiger partial charge in [-0.15, -0.1) is 11.3 Å². The largest absolute Gasteiger partial charge is 0.372 e. The Kier molecular flexibility index (Phi) is 3.37. The maximum atomic E-state index is 4.50. The minimum Gasteiger partial charge on any atom is -0.372 e. The summed E-state index contributed by atoms with van der Waals surface area (Å²) >= 11 is 1.79. The Morgan fingerprint density at radius 1 is 1.28 bits per heavy atom. The first-order chi connectivity index (χ1) is 8.93. The van der Waals surface area contributed by atoms with Crippen LogP contribution >= 0.6 is 11.3 Å². The number of aromatic nitrogens is 1. The number of thiophene rings is 1. The van der Waals surface area contributed by atoms with Gasteiger partial charge in [0.1, 0.15) is 0 Å². The predicted molar refractivity (Wildman–Crippen MR) is 75.3 cm³/mol. The number of hydrogen-bond acceptors (Lipinski definition) is 4. The lowest BCUT2D eigenvalue weighted by Gasteiger charge is -2.15. The zero-order chi connectivity index (χ0) is 12.2. The van der Waals surface area contributed by atoms with Crippen LogP contribution in [0.2, 0.25) is 0 Å². The van der Waals surface area contributed by atoms with E-state index in [-0.39, 0.29) is 0 Å². The van der Waals surface area contributed by atoms with E-state index < -0.39 is 0 Å². The van der Waals surface area contributed by atoms with Crippen LogP contribution in [0.4, 0.5) is 0 Å². The zero-order valence-electron chi connectivity index (χ0n) is 10.0. The highest BCUT2D eigenvalue weighted by atomic mass is 32.1. The minimum atomic E-state index is 0.315. The van der Waals surface area contributed by atoms with Gasteiger partial charge in [0.25, 0.3) is 0 Å². The summed E-state index contributed by atoms with van der Waals surface area (Å²) in [6.07, 6.45) is 2.78. The van der Waals surface area contributed by atoms with Gasteiger partial charge in [0.15, 0.2) is 0 Å². The molecular weight excluding hydrogens is 242 g/mol. The lowest BCUT2D eigenvalue weighted by Crippen LogP contribution is -2.21. The number of nitrogens with one attached hydrogen (secondary N) is 1. The summed E-state index contributed by atoms with van der Waals surface area (Å²) in [5, 5.41) is 5.47. The van der Waals surface area contributed by atoms with Crippen molar-refractivity contribution in [1.82, 2.24) is 10.3 Å². The van der Waals surface area contributed by atoms with Crippen molar-refractivity contribution in [3.63, 3.8) is 0 Å². The predicted octanol–water partition coefficient (Wildman–Crippen LogP) is 2.67. The van der Waals surface area contributed by atoms with E-state index in [0.717, 1.165) is 31.0 Å². The summed E-state index contributed by atoms with van der Waals surface area (Å²) in [6, 6.07) is 10.4. The molecule has 2 aromatic rings. The van der Waals surface area contributed by atoms with Gasteiger partial charge in [0.05, 0.1) is 12.4 Å². The van der Waals surface area contributed by atoms with Crippen LogP contribution in [0.15, 0.2) is 46.9 Å². The third-order valence-electron chi connectivity index (χ3n) is 3.07. The molecule has 0 fully saturated rings. The Morgan fingerprint density at radius 2 is 2.28 bits per heavy atom. The molecule has 0 saturated carbocycles. The normalized spacial score (nSPS) is 16.1. The van der Waals surface area contributed by atoms with E-state index in [1.165, 1.54) is 4.88 Å². The quantitative estimate of drug-likeness (QED) is 0.914. The monoisotopic (exact) mass is 257 g/mol. The van der Waals surface area contributed by atoms with Gasteiger partial charge < -0.3 is 5.32 Å². The van der Waals surface area contributed by atoms with Crippen LogP contribution in [0.1, 0.15) is 22.9 Å². The van der Waals surface area contributed by atoms with Crippen molar-refractivity contribution in [3.8, 4) is 0 Å². The number of pyridine rings is 1. The number of amidine groups is 1. The fourth-order valence-electron chi connectivity index (χ4n) is 2.20. The molecule has 1 aliphatic heterocycles. The molecule has 3 rings (SSSR count). The third-order valence-corrected chi connectivity index (χ3v) is 4.06. The van der Waals surface area contributed by atoms with Crippen molar-refractivity contribution >= 4 is 17.2 Å². The van der Waals surface area contributed by atoms with Crippen LogP contribution in [0.3, 0.4) is 0 Å². The van der Waals surface area contributed by atoms with Gasteiger partial charge in [-0.2, -0.15) is 0 Å². The maximum absolute atomic E-state index is 4.50. The van der Waals surface area contributed by atoms with Gasteiger partial charge in [-0.3, -0.25) is 9.98 Å². The van der Waals surface area contributed by atoms with Crippen LogP contribution in [0, 0.1) is 0 Å². The van der Waals surface area contributed by atoms with Crippen molar-refractivity contribution in [2.24, 2.45) is 4.99 Å². The molecule has 0 amide bonds. The molecule has 0 aromatic carbocycles. The SMILES string of the molecule is c1ccc([C@H](CC2=NCCN2)c2cccs2)nc1. The summed E-state index contributed by atoms with van der Waals surface area (Å²) in [5.41, 5.74) is 1.12. The molecule has 0 radical (unpaired) electrons. The minimum absolute atomic E-state index is 0.315. The van der Waals surface area contributed by atoms with Crippen molar-refractivity contribution < 1.29 is 0 Å². The summed E-state index contributed by atoms with van der Waals surface area (Å²) < 4.78 is 0. The highest BCUT2D eigenvalue weighted by Crippen LogP contribution is 2.30. The number of nitrogens with zero attached hydrogens (tertiary/aromatic N) is 2. The first-order valence-electron chi connectivity index (χ1n) is 6.15. The first-order valence-corrected chi connectivity index (χ1v) is 7.03. The highest BCUT2D eigenvalue weighted by molar-refractivity contribution is 7.10. The molecule has 92 valence electrons. The van der Waals surface area contributed by atoms with Gasteiger partial charge in [-0.1, -0.05) is 12.1 Å². The van der Waals surface area contributed by atoms with E-state index in [1.54, 1.807) is 11.3 Å². The van der Waals surface area contributed by atoms with Gasteiger partial charge in [0, 0.05) is 35.7 Å². The van der Waals surface area contributed by atoms with Gasteiger partial charge in [0.2, 0.25) is 0 Å². The average Bonchev–Trinajstić information content (AvgIpc) is 3.10. The second-order valence-corrected chi connectivity index (χ2v) is 5.26. The average molecular weight is 257 g/mol. The second-order valence-electron chi connectivity index (χ2n) is 4.28. The third kappa shape index (κ3) is 2.43. The molecule has 0 unspecified atom stereocenters. The fraction of sp³-hybridized carbons (Fsp3) is 0.286. The first kappa shape index (κ1) is 11.4. The molecule has 4 heteroatoms. The van der Waals surface area contributed by atoms with E-state index >= 15 is 0 Å². The van der Waals surface area contributed by atoms with Crippen molar-refractivity contribution in [2.45, 2.75) is 12.3 Å². The molecule has 3 nitrogen and oxygen atoms in total. The molecule has 0 saturated heterocycles.